The number of alkyl halides is 1. The summed E-state index contributed by atoms with van der Waals surface area (Å²) in [6, 6.07) is 0. The molecule has 1 rings (SSSR count). The van der Waals surface area contributed by atoms with Gasteiger partial charge in [-0.2, -0.15) is 12.7 Å². The summed E-state index contributed by atoms with van der Waals surface area (Å²) >= 11 is 5.84. The van der Waals surface area contributed by atoms with Crippen molar-refractivity contribution in [3.8, 4) is 0 Å². The van der Waals surface area contributed by atoms with E-state index in [-0.39, 0.29) is 11.9 Å². The Balaban J connectivity index is 2.43. The van der Waals surface area contributed by atoms with E-state index in [1.54, 1.807) is 0 Å². The minimum atomic E-state index is -3.37. The Morgan fingerprint density at radius 1 is 1.47 bits per heavy atom. The molecule has 1 aliphatic heterocycles. The van der Waals surface area contributed by atoms with Crippen molar-refractivity contribution in [1.82, 2.24) is 9.03 Å². The number of hydrogen-bond donors (Lipinski definition) is 1. The van der Waals surface area contributed by atoms with Gasteiger partial charge in [0, 0.05) is 25.0 Å². The molecule has 0 amide bonds. The summed E-state index contributed by atoms with van der Waals surface area (Å²) in [6.07, 6.45) is 0.743. The van der Waals surface area contributed by atoms with Crippen LogP contribution in [0.2, 0.25) is 0 Å². The molecule has 0 saturated carbocycles. The highest BCUT2D eigenvalue weighted by Crippen LogP contribution is 2.05. The van der Waals surface area contributed by atoms with Gasteiger partial charge in [0.05, 0.1) is 13.2 Å². The smallest absolute Gasteiger partial charge is 0.279 e. The third kappa shape index (κ3) is 4.24. The Morgan fingerprint density at radius 2 is 2.07 bits per heavy atom. The fourth-order valence-electron chi connectivity index (χ4n) is 1.22. The van der Waals surface area contributed by atoms with Crippen LogP contribution in [0.1, 0.15) is 13.3 Å². The third-order valence-electron chi connectivity index (χ3n) is 2.24. The molecule has 0 bridgehead atoms. The van der Waals surface area contributed by atoms with Crippen LogP contribution in [0.5, 0.6) is 0 Å². The zero-order valence-electron chi connectivity index (χ0n) is 8.78. The minimum absolute atomic E-state index is 0.152. The van der Waals surface area contributed by atoms with E-state index in [1.807, 2.05) is 6.92 Å². The van der Waals surface area contributed by atoms with E-state index in [4.69, 9.17) is 16.3 Å². The molecule has 90 valence electrons. The van der Waals surface area contributed by atoms with E-state index in [0.29, 0.717) is 26.3 Å². The number of rotatable bonds is 5. The Labute approximate surface area is 95.9 Å². The lowest BCUT2D eigenvalue weighted by atomic mass is 10.3. The van der Waals surface area contributed by atoms with E-state index in [1.165, 1.54) is 4.31 Å². The van der Waals surface area contributed by atoms with Gasteiger partial charge in [0.1, 0.15) is 0 Å². The molecule has 0 spiro atoms. The number of hydrogen-bond acceptors (Lipinski definition) is 3. The highest BCUT2D eigenvalue weighted by molar-refractivity contribution is 7.87. The van der Waals surface area contributed by atoms with Crippen molar-refractivity contribution in [2.45, 2.75) is 18.7 Å². The summed E-state index contributed by atoms with van der Waals surface area (Å²) in [7, 11) is -3.37. The van der Waals surface area contributed by atoms with Crippen LogP contribution < -0.4 is 4.72 Å². The first kappa shape index (κ1) is 13.2. The minimum Gasteiger partial charge on any atom is -0.379 e. The maximum Gasteiger partial charge on any atom is 0.279 e. The van der Waals surface area contributed by atoms with Crippen LogP contribution in [0.3, 0.4) is 0 Å². The van der Waals surface area contributed by atoms with Crippen molar-refractivity contribution in [3.05, 3.63) is 0 Å². The van der Waals surface area contributed by atoms with Crippen molar-refractivity contribution in [3.63, 3.8) is 0 Å². The molecule has 0 aliphatic carbocycles. The topological polar surface area (TPSA) is 58.6 Å². The molecule has 5 nitrogen and oxygen atoms in total. The second kappa shape index (κ2) is 6.00. The molecule has 1 unspecified atom stereocenters. The van der Waals surface area contributed by atoms with E-state index in [2.05, 4.69) is 4.72 Å². The highest BCUT2D eigenvalue weighted by Gasteiger charge is 2.24. The maximum absolute atomic E-state index is 11.7. The molecular formula is C8H17ClN2O3S. The van der Waals surface area contributed by atoms with Gasteiger partial charge in [0.2, 0.25) is 0 Å². The predicted octanol–water partition coefficient (Wildman–Crippen LogP) is 0.170. The Bertz CT molecular complexity index is 278. The summed E-state index contributed by atoms with van der Waals surface area (Å²) in [4.78, 5) is 0. The van der Waals surface area contributed by atoms with Gasteiger partial charge in [-0.05, 0) is 6.42 Å². The van der Waals surface area contributed by atoms with Crippen molar-refractivity contribution >= 4 is 21.8 Å². The summed E-state index contributed by atoms with van der Waals surface area (Å²) < 4.78 is 32.4. The van der Waals surface area contributed by atoms with E-state index >= 15 is 0 Å². The number of nitrogens with zero attached hydrogens (tertiary/aromatic N) is 1. The van der Waals surface area contributed by atoms with Crippen LogP contribution >= 0.6 is 11.6 Å². The van der Waals surface area contributed by atoms with Gasteiger partial charge in [0.25, 0.3) is 10.2 Å². The lowest BCUT2D eigenvalue weighted by Gasteiger charge is -2.26. The highest BCUT2D eigenvalue weighted by atomic mass is 35.5. The fraction of sp³-hybridized carbons (Fsp3) is 1.00. The molecular weight excluding hydrogens is 240 g/mol. The molecule has 1 aliphatic rings. The molecule has 0 aromatic heterocycles. The van der Waals surface area contributed by atoms with Crippen LogP contribution in [-0.2, 0) is 14.9 Å². The SMILES string of the molecule is CCC(Cl)CNS(=O)(=O)N1CCOCC1. The summed E-state index contributed by atoms with van der Waals surface area (Å²) in [5, 5.41) is -0.152. The number of ether oxygens (including phenoxy) is 1. The van der Waals surface area contributed by atoms with Crippen LogP contribution in [0.15, 0.2) is 0 Å². The maximum atomic E-state index is 11.7. The van der Waals surface area contributed by atoms with E-state index in [9.17, 15) is 8.42 Å². The van der Waals surface area contributed by atoms with Gasteiger partial charge in [0.15, 0.2) is 0 Å². The third-order valence-corrected chi connectivity index (χ3v) is 4.28. The molecule has 1 atom stereocenters. The average molecular weight is 257 g/mol. The zero-order valence-corrected chi connectivity index (χ0v) is 10.4. The van der Waals surface area contributed by atoms with Crippen molar-refractivity contribution in [2.75, 3.05) is 32.8 Å². The van der Waals surface area contributed by atoms with Crippen molar-refractivity contribution < 1.29 is 13.2 Å². The normalized spacial score (nSPS) is 21.5. The molecule has 1 saturated heterocycles. The Kier molecular flexibility index (Phi) is 5.28. The van der Waals surface area contributed by atoms with Crippen LogP contribution in [-0.4, -0.2) is 50.9 Å². The largest absolute Gasteiger partial charge is 0.379 e. The fourth-order valence-corrected chi connectivity index (χ4v) is 2.61. The summed E-state index contributed by atoms with van der Waals surface area (Å²) in [5.41, 5.74) is 0. The lowest BCUT2D eigenvalue weighted by molar-refractivity contribution is 0.0725. The monoisotopic (exact) mass is 256 g/mol. The molecule has 7 heteroatoms. The van der Waals surface area contributed by atoms with Crippen LogP contribution in [0.25, 0.3) is 0 Å². The molecule has 1 fully saturated rings. The quantitative estimate of drug-likeness (QED) is 0.714. The van der Waals surface area contributed by atoms with Crippen molar-refractivity contribution in [1.29, 1.82) is 0 Å². The summed E-state index contributed by atoms with van der Waals surface area (Å²) in [5.74, 6) is 0. The van der Waals surface area contributed by atoms with Gasteiger partial charge in [-0.1, -0.05) is 6.92 Å². The second-order valence-corrected chi connectivity index (χ2v) is 5.74. The molecule has 1 N–H and O–H groups in total. The lowest BCUT2D eigenvalue weighted by Crippen LogP contribution is -2.47. The zero-order chi connectivity index (χ0) is 11.3. The van der Waals surface area contributed by atoms with Crippen LogP contribution in [0.4, 0.5) is 0 Å². The Hall–Kier alpha value is 0.120. The van der Waals surface area contributed by atoms with Gasteiger partial charge in [-0.25, -0.2) is 4.72 Å². The molecule has 0 radical (unpaired) electrons. The van der Waals surface area contributed by atoms with Gasteiger partial charge in [-0.15, -0.1) is 11.6 Å². The van der Waals surface area contributed by atoms with Crippen molar-refractivity contribution in [2.24, 2.45) is 0 Å². The van der Waals surface area contributed by atoms with E-state index < -0.39 is 10.2 Å². The number of morpholine rings is 1. The van der Waals surface area contributed by atoms with Gasteiger partial charge >= 0.3 is 0 Å². The van der Waals surface area contributed by atoms with Gasteiger partial charge < -0.3 is 4.74 Å². The molecule has 0 aromatic carbocycles. The molecule has 0 aromatic rings. The second-order valence-electron chi connectivity index (χ2n) is 3.37. The van der Waals surface area contributed by atoms with Gasteiger partial charge in [-0.3, -0.25) is 0 Å². The first-order valence-electron chi connectivity index (χ1n) is 5.03. The Morgan fingerprint density at radius 3 is 2.60 bits per heavy atom. The average Bonchev–Trinajstić information content (AvgIpc) is 2.27. The first-order chi connectivity index (χ1) is 7.06. The number of halogens is 1. The van der Waals surface area contributed by atoms with Crippen LogP contribution in [0, 0.1) is 0 Å². The van der Waals surface area contributed by atoms with E-state index in [0.717, 1.165) is 6.42 Å². The predicted molar refractivity (Wildman–Crippen MR) is 59.2 cm³/mol. The molecule has 1 heterocycles. The molecule has 15 heavy (non-hydrogen) atoms. The number of nitrogens with one attached hydrogen (secondary N) is 1. The standard InChI is InChI=1S/C8H17ClN2O3S/c1-2-8(9)7-10-15(12,13)11-3-5-14-6-4-11/h8,10H,2-7H2,1H3. The summed E-state index contributed by atoms with van der Waals surface area (Å²) in [6.45, 7) is 3.93. The first-order valence-corrected chi connectivity index (χ1v) is 6.90.